The van der Waals surface area contributed by atoms with Gasteiger partial charge >= 0.3 is 11.9 Å². The number of aryl methyl sites for hydroxylation is 4. The maximum Gasteiger partial charge on any atom is 0.315 e. The Balaban J connectivity index is 0.000000221. The highest BCUT2D eigenvalue weighted by atomic mass is 16.5. The van der Waals surface area contributed by atoms with Crippen molar-refractivity contribution in [1.82, 2.24) is 40.2 Å². The maximum atomic E-state index is 12.2. The van der Waals surface area contributed by atoms with E-state index in [1.165, 1.54) is 0 Å². The molecular weight excluding hydrogens is 749 g/mol. The van der Waals surface area contributed by atoms with E-state index in [1.54, 1.807) is 13.1 Å². The number of hydrogen-bond acceptors (Lipinski definition) is 13. The number of pyridine rings is 2. The van der Waals surface area contributed by atoms with Crippen molar-refractivity contribution >= 4 is 57.2 Å². The minimum Gasteiger partial charge on any atom is -0.481 e. The first kappa shape index (κ1) is 43.8. The van der Waals surface area contributed by atoms with E-state index in [4.69, 9.17) is 29.3 Å². The SMILES string of the molecule is CCOC(=O)CC(=O)NCc1c(CC)nc2c(cnn2CC)c1NC1CCOCC1.CCc1nc2c(cnn2CC)c(NC2CCOCC2)c1CNC(=O)CC(=O)O. The third kappa shape index (κ3) is 11.2. The van der Waals surface area contributed by atoms with Crippen molar-refractivity contribution in [2.24, 2.45) is 0 Å². The van der Waals surface area contributed by atoms with Gasteiger partial charge in [0, 0.05) is 87.2 Å². The number of anilines is 2. The summed E-state index contributed by atoms with van der Waals surface area (Å²) in [6, 6.07) is 0.551. The van der Waals surface area contributed by atoms with Gasteiger partial charge in [0.25, 0.3) is 0 Å². The van der Waals surface area contributed by atoms with Crippen molar-refractivity contribution in [3.05, 3.63) is 34.9 Å². The minimum atomic E-state index is -1.15. The number of carbonyl (C=O) groups excluding carboxylic acids is 3. The average Bonchev–Trinajstić information content (AvgIpc) is 3.84. The molecule has 4 aromatic heterocycles. The van der Waals surface area contributed by atoms with Gasteiger partial charge in [0.2, 0.25) is 11.8 Å². The number of carboxylic acid groups (broad SMARTS) is 1. The van der Waals surface area contributed by atoms with E-state index in [-0.39, 0.29) is 44.1 Å². The Morgan fingerprint density at radius 1 is 0.707 bits per heavy atom. The van der Waals surface area contributed by atoms with Crippen LogP contribution in [0.15, 0.2) is 12.4 Å². The van der Waals surface area contributed by atoms with Crippen LogP contribution in [-0.4, -0.2) is 104 Å². The summed E-state index contributed by atoms with van der Waals surface area (Å²) in [6.07, 6.45) is 7.84. The van der Waals surface area contributed by atoms with Gasteiger partial charge in [0.15, 0.2) is 11.3 Å². The van der Waals surface area contributed by atoms with Crippen LogP contribution in [0.4, 0.5) is 11.4 Å². The van der Waals surface area contributed by atoms with Crippen LogP contribution in [0.3, 0.4) is 0 Å². The van der Waals surface area contributed by atoms with Crippen LogP contribution >= 0.6 is 0 Å². The summed E-state index contributed by atoms with van der Waals surface area (Å²) < 4.78 is 19.5. The number of esters is 1. The van der Waals surface area contributed by atoms with Crippen molar-refractivity contribution in [2.45, 2.75) is 124 Å². The first-order chi connectivity index (χ1) is 28.1. The smallest absolute Gasteiger partial charge is 0.315 e. The minimum absolute atomic E-state index is 0.223. The van der Waals surface area contributed by atoms with E-state index in [2.05, 4.69) is 31.5 Å². The fourth-order valence-corrected chi connectivity index (χ4v) is 7.18. The molecule has 6 rings (SSSR count). The van der Waals surface area contributed by atoms with E-state index < -0.39 is 24.3 Å². The number of carboxylic acids is 1. The number of hydrogen-bond donors (Lipinski definition) is 5. The normalized spacial score (nSPS) is 14.8. The van der Waals surface area contributed by atoms with Crippen LogP contribution < -0.4 is 21.3 Å². The van der Waals surface area contributed by atoms with Gasteiger partial charge in [0.1, 0.15) is 12.8 Å². The van der Waals surface area contributed by atoms with Crippen molar-refractivity contribution < 1.29 is 38.5 Å². The topological polar surface area (TPSA) is 226 Å². The molecule has 18 heteroatoms. The highest BCUT2D eigenvalue weighted by Crippen LogP contribution is 2.32. The summed E-state index contributed by atoms with van der Waals surface area (Å²) >= 11 is 0. The molecule has 2 aliphatic heterocycles. The fraction of sp³-hybridized carbons (Fsp3) is 0.600. The van der Waals surface area contributed by atoms with Crippen molar-refractivity contribution in [3.63, 3.8) is 0 Å². The number of aromatic nitrogens is 6. The molecule has 4 aromatic rings. The first-order valence-electron chi connectivity index (χ1n) is 20.4. The number of rotatable bonds is 17. The highest BCUT2D eigenvalue weighted by Gasteiger charge is 2.24. The van der Waals surface area contributed by atoms with Gasteiger partial charge in [-0.1, -0.05) is 13.8 Å². The number of nitrogens with one attached hydrogen (secondary N) is 4. The van der Waals surface area contributed by atoms with Gasteiger partial charge < -0.3 is 40.6 Å². The van der Waals surface area contributed by atoms with E-state index in [0.717, 1.165) is 108 Å². The molecule has 2 aliphatic rings. The molecule has 5 N–H and O–H groups in total. The van der Waals surface area contributed by atoms with E-state index >= 15 is 0 Å². The molecule has 2 saturated heterocycles. The van der Waals surface area contributed by atoms with E-state index in [9.17, 15) is 19.2 Å². The standard InChI is InChI=1S/C21H31N5O4.C19H27N5O4/c1-4-17-15(12-22-18(27)11-19(28)30-6-3)20(24-14-7-9-29-10-8-14)16-13-23-26(5-2)21(16)25-17;1-3-15-13(10-20-16(25)9-17(26)27)18(22-12-5-7-28-8-6-12)14-11-21-24(4-2)19(14)23-15/h13-14H,4-12H2,1-3H3,(H,22,27)(H,24,25);11-12H,3-10H2,1-2H3,(H,20,25)(H,22,23)(H,26,27). The molecule has 0 unspecified atom stereocenters. The molecule has 0 spiro atoms. The Bertz CT molecular complexity index is 2030. The van der Waals surface area contributed by atoms with Crippen LogP contribution in [0.5, 0.6) is 0 Å². The molecular formula is C40H58N10O8. The summed E-state index contributed by atoms with van der Waals surface area (Å²) in [5.74, 6) is -2.55. The van der Waals surface area contributed by atoms with E-state index in [1.807, 2.05) is 43.3 Å². The van der Waals surface area contributed by atoms with E-state index in [0.29, 0.717) is 26.2 Å². The molecule has 6 heterocycles. The summed E-state index contributed by atoms with van der Waals surface area (Å²) in [5, 5.41) is 32.5. The van der Waals surface area contributed by atoms with Gasteiger partial charge in [-0.05, 0) is 59.3 Å². The largest absolute Gasteiger partial charge is 0.481 e. The summed E-state index contributed by atoms with van der Waals surface area (Å²) in [7, 11) is 0. The van der Waals surface area contributed by atoms with Gasteiger partial charge in [-0.3, -0.25) is 19.2 Å². The number of fused-ring (bicyclic) bond motifs is 2. The summed E-state index contributed by atoms with van der Waals surface area (Å²) in [6.45, 7) is 14.9. The number of amides is 2. The Kier molecular flexibility index (Phi) is 16.2. The lowest BCUT2D eigenvalue weighted by Gasteiger charge is -2.26. The monoisotopic (exact) mass is 806 g/mol. The summed E-state index contributed by atoms with van der Waals surface area (Å²) in [4.78, 5) is 56.1. The third-order valence-corrected chi connectivity index (χ3v) is 10.2. The predicted molar refractivity (Wildman–Crippen MR) is 217 cm³/mol. The Morgan fingerprint density at radius 3 is 1.52 bits per heavy atom. The third-order valence-electron chi connectivity index (χ3n) is 10.2. The van der Waals surface area contributed by atoms with Gasteiger partial charge in [-0.2, -0.15) is 10.2 Å². The highest BCUT2D eigenvalue weighted by molar-refractivity contribution is 5.96. The molecule has 2 fully saturated rings. The second kappa shape index (κ2) is 21.4. The van der Waals surface area contributed by atoms with Crippen LogP contribution in [-0.2, 0) is 72.4 Å². The molecule has 0 saturated carbocycles. The number of aliphatic carboxylic acids is 1. The lowest BCUT2D eigenvalue weighted by molar-refractivity contribution is -0.146. The number of nitrogens with zero attached hydrogens (tertiary/aromatic N) is 6. The van der Waals surface area contributed by atoms with Gasteiger partial charge in [-0.25, -0.2) is 19.3 Å². The lowest BCUT2D eigenvalue weighted by Crippen LogP contribution is -2.30. The van der Waals surface area contributed by atoms with Gasteiger partial charge in [-0.15, -0.1) is 0 Å². The molecule has 18 nitrogen and oxygen atoms in total. The number of carbonyl (C=O) groups is 4. The zero-order chi connectivity index (χ0) is 41.6. The van der Waals surface area contributed by atoms with Crippen molar-refractivity contribution in [1.29, 1.82) is 0 Å². The molecule has 0 atom stereocenters. The Morgan fingerprint density at radius 2 is 1.14 bits per heavy atom. The Labute approximate surface area is 338 Å². The zero-order valence-corrected chi connectivity index (χ0v) is 34.3. The number of ether oxygens (including phenoxy) is 3. The lowest BCUT2D eigenvalue weighted by atomic mass is 10.0. The average molecular weight is 807 g/mol. The van der Waals surface area contributed by atoms with Crippen LogP contribution in [0.25, 0.3) is 22.1 Å². The molecule has 58 heavy (non-hydrogen) atoms. The second-order valence-corrected chi connectivity index (χ2v) is 14.1. The second-order valence-electron chi connectivity index (χ2n) is 14.1. The first-order valence-corrected chi connectivity index (χ1v) is 20.4. The van der Waals surface area contributed by atoms with Gasteiger partial charge in [0.05, 0.1) is 41.1 Å². The van der Waals surface area contributed by atoms with Crippen LogP contribution in [0, 0.1) is 0 Å². The molecule has 0 aliphatic carbocycles. The molecule has 0 radical (unpaired) electrons. The van der Waals surface area contributed by atoms with Crippen LogP contribution in [0.1, 0.15) is 95.7 Å². The summed E-state index contributed by atoms with van der Waals surface area (Å²) in [5.41, 5.74) is 7.13. The maximum absolute atomic E-state index is 12.2. The van der Waals surface area contributed by atoms with Crippen LogP contribution in [0.2, 0.25) is 0 Å². The molecule has 2 amide bonds. The quantitative estimate of drug-likeness (QED) is 0.0755. The van der Waals surface area contributed by atoms with Crippen molar-refractivity contribution in [2.75, 3.05) is 43.7 Å². The van der Waals surface area contributed by atoms with Crippen molar-refractivity contribution in [3.8, 4) is 0 Å². The molecule has 316 valence electrons. The Hall–Kier alpha value is -5.36. The zero-order valence-electron chi connectivity index (χ0n) is 34.3. The molecule has 0 bridgehead atoms. The predicted octanol–water partition coefficient (Wildman–Crippen LogP) is 3.87. The molecule has 0 aromatic carbocycles. The fourth-order valence-electron chi connectivity index (χ4n) is 7.18.